The summed E-state index contributed by atoms with van der Waals surface area (Å²) < 4.78 is 20.2. The fourth-order valence-electron chi connectivity index (χ4n) is 5.45. The summed E-state index contributed by atoms with van der Waals surface area (Å²) in [5, 5.41) is 22.0. The van der Waals surface area contributed by atoms with Crippen LogP contribution in [0, 0.1) is 5.82 Å². The SMILES string of the molecule is CN(C)C1(c2ccccc2)CCC(Nc2cc(F)cc(O[C@H]3C[C@@H](C(=O)O)N(C(=O)O)C3)c2)CC1. The normalized spacial score (nSPS) is 26.5. The van der Waals surface area contributed by atoms with Crippen LogP contribution < -0.4 is 10.1 Å². The van der Waals surface area contributed by atoms with Crippen molar-refractivity contribution in [2.45, 2.75) is 55.8 Å². The maximum atomic E-state index is 14.4. The van der Waals surface area contributed by atoms with E-state index in [1.54, 1.807) is 6.07 Å². The van der Waals surface area contributed by atoms with Crippen molar-refractivity contribution in [1.82, 2.24) is 9.80 Å². The Morgan fingerprint density at radius 2 is 1.80 bits per heavy atom. The van der Waals surface area contributed by atoms with Crippen LogP contribution in [-0.4, -0.2) is 70.9 Å². The third-order valence-corrected chi connectivity index (χ3v) is 7.32. The minimum absolute atomic E-state index is 0.00956. The van der Waals surface area contributed by atoms with Gasteiger partial charge in [0, 0.05) is 35.8 Å². The molecule has 2 aliphatic rings. The molecule has 1 aliphatic carbocycles. The third-order valence-electron chi connectivity index (χ3n) is 7.32. The van der Waals surface area contributed by atoms with Crippen molar-refractivity contribution in [3.05, 3.63) is 59.9 Å². The Morgan fingerprint density at radius 1 is 1.11 bits per heavy atom. The average molecular weight is 486 g/mol. The van der Waals surface area contributed by atoms with Crippen LogP contribution in [0.15, 0.2) is 48.5 Å². The first-order valence-electron chi connectivity index (χ1n) is 11.9. The molecule has 0 spiro atoms. The zero-order valence-electron chi connectivity index (χ0n) is 20.0. The van der Waals surface area contributed by atoms with Gasteiger partial charge >= 0.3 is 12.1 Å². The third kappa shape index (κ3) is 5.35. The summed E-state index contributed by atoms with van der Waals surface area (Å²) in [6.45, 7) is -0.0830. The van der Waals surface area contributed by atoms with Gasteiger partial charge in [-0.2, -0.15) is 0 Å². The first-order valence-corrected chi connectivity index (χ1v) is 11.9. The highest BCUT2D eigenvalue weighted by atomic mass is 19.1. The molecular formula is C26H32FN3O5. The Balaban J connectivity index is 1.41. The van der Waals surface area contributed by atoms with E-state index in [9.17, 15) is 24.2 Å². The van der Waals surface area contributed by atoms with Crippen LogP contribution in [-0.2, 0) is 10.3 Å². The van der Waals surface area contributed by atoms with Crippen LogP contribution in [0.25, 0.3) is 0 Å². The number of ether oxygens (including phenoxy) is 1. The topological polar surface area (TPSA) is 102 Å². The number of rotatable bonds is 7. The quantitative estimate of drug-likeness (QED) is 0.540. The molecule has 2 fully saturated rings. The number of nitrogens with one attached hydrogen (secondary N) is 1. The van der Waals surface area contributed by atoms with Crippen LogP contribution in [0.3, 0.4) is 0 Å². The number of aliphatic carboxylic acids is 1. The summed E-state index contributed by atoms with van der Waals surface area (Å²) in [5.41, 5.74) is 1.86. The summed E-state index contributed by atoms with van der Waals surface area (Å²) >= 11 is 0. The number of hydrogen-bond acceptors (Lipinski definition) is 5. The highest BCUT2D eigenvalue weighted by Crippen LogP contribution is 2.42. The second kappa shape index (κ2) is 10.1. The molecule has 2 atom stereocenters. The number of halogens is 1. The summed E-state index contributed by atoms with van der Waals surface area (Å²) in [7, 11) is 4.22. The molecular weight excluding hydrogens is 453 g/mol. The van der Waals surface area contributed by atoms with Crippen molar-refractivity contribution < 1.29 is 28.9 Å². The van der Waals surface area contributed by atoms with E-state index < -0.39 is 30.0 Å². The molecule has 1 heterocycles. The van der Waals surface area contributed by atoms with Crippen molar-refractivity contribution in [2.24, 2.45) is 0 Å². The summed E-state index contributed by atoms with van der Waals surface area (Å²) in [5.74, 6) is -1.45. The first kappa shape index (κ1) is 24.8. The molecule has 1 amide bonds. The molecule has 0 unspecified atom stereocenters. The van der Waals surface area contributed by atoms with Crippen LogP contribution >= 0.6 is 0 Å². The van der Waals surface area contributed by atoms with Gasteiger partial charge in [0.15, 0.2) is 0 Å². The number of nitrogens with zero attached hydrogens (tertiary/aromatic N) is 2. The van der Waals surface area contributed by atoms with Gasteiger partial charge in [-0.3, -0.25) is 9.80 Å². The number of hydrogen-bond donors (Lipinski definition) is 3. The lowest BCUT2D eigenvalue weighted by Crippen LogP contribution is -2.46. The van der Waals surface area contributed by atoms with Gasteiger partial charge in [0.05, 0.1) is 6.54 Å². The lowest BCUT2D eigenvalue weighted by Gasteiger charge is -2.46. The standard InChI is InChI=1S/C26H32FN3O5/c1-29(2)26(17-6-4-3-5-7-17)10-8-19(9-11-26)28-20-12-18(27)13-21(14-20)35-22-15-23(24(31)32)30(16-22)25(33)34/h3-7,12-14,19,22-23,28H,8-11,15-16H2,1-2H3,(H,31,32)(H,33,34)/t19?,22-,23-,26?/m0/s1. The number of likely N-dealkylation sites (tertiary alicyclic amines) is 1. The maximum Gasteiger partial charge on any atom is 0.408 e. The van der Waals surface area contributed by atoms with Gasteiger partial charge in [0.1, 0.15) is 23.7 Å². The largest absolute Gasteiger partial charge is 0.488 e. The van der Waals surface area contributed by atoms with Gasteiger partial charge in [-0.05, 0) is 51.4 Å². The van der Waals surface area contributed by atoms with Gasteiger partial charge in [0.25, 0.3) is 0 Å². The lowest BCUT2D eigenvalue weighted by molar-refractivity contribution is -0.141. The van der Waals surface area contributed by atoms with E-state index in [1.807, 2.05) is 6.07 Å². The summed E-state index contributed by atoms with van der Waals surface area (Å²) in [6, 6.07) is 13.8. The number of amides is 1. The molecule has 4 rings (SSSR count). The molecule has 0 radical (unpaired) electrons. The van der Waals surface area contributed by atoms with E-state index in [4.69, 9.17) is 4.74 Å². The smallest absolute Gasteiger partial charge is 0.408 e. The molecule has 9 heteroatoms. The highest BCUT2D eigenvalue weighted by molar-refractivity contribution is 5.80. The van der Waals surface area contributed by atoms with Crippen molar-refractivity contribution in [1.29, 1.82) is 0 Å². The Kier molecular flexibility index (Phi) is 7.16. The molecule has 1 saturated heterocycles. The lowest BCUT2D eigenvalue weighted by atomic mass is 9.74. The summed E-state index contributed by atoms with van der Waals surface area (Å²) in [6.07, 6.45) is 1.78. The van der Waals surface area contributed by atoms with Crippen LogP contribution in [0.1, 0.15) is 37.7 Å². The van der Waals surface area contributed by atoms with Gasteiger partial charge < -0.3 is 20.3 Å². The molecule has 1 aliphatic heterocycles. The summed E-state index contributed by atoms with van der Waals surface area (Å²) in [4.78, 5) is 25.9. The fraction of sp³-hybridized carbons (Fsp3) is 0.462. The van der Waals surface area contributed by atoms with E-state index >= 15 is 0 Å². The molecule has 2 aromatic rings. The van der Waals surface area contributed by atoms with E-state index in [0.717, 1.165) is 30.6 Å². The Bertz CT molecular complexity index is 1030. The minimum Gasteiger partial charge on any atom is -0.488 e. The minimum atomic E-state index is -1.31. The van der Waals surface area contributed by atoms with Crippen molar-refractivity contribution >= 4 is 17.7 Å². The average Bonchev–Trinajstić information content (AvgIpc) is 3.24. The Labute approximate surface area is 204 Å². The monoisotopic (exact) mass is 485 g/mol. The molecule has 0 aromatic heterocycles. The van der Waals surface area contributed by atoms with Crippen molar-refractivity contribution in [3.8, 4) is 5.75 Å². The first-order chi connectivity index (χ1) is 16.7. The molecule has 3 N–H and O–H groups in total. The second-order valence-electron chi connectivity index (χ2n) is 9.65. The van der Waals surface area contributed by atoms with Crippen LogP contribution in [0.2, 0.25) is 0 Å². The van der Waals surface area contributed by atoms with Crippen molar-refractivity contribution in [2.75, 3.05) is 26.0 Å². The zero-order chi connectivity index (χ0) is 25.2. The number of carboxylic acids is 1. The molecule has 2 aromatic carbocycles. The molecule has 8 nitrogen and oxygen atoms in total. The predicted octanol–water partition coefficient (Wildman–Crippen LogP) is 4.22. The molecule has 188 valence electrons. The number of carboxylic acid groups (broad SMARTS) is 2. The molecule has 35 heavy (non-hydrogen) atoms. The Hall–Kier alpha value is -3.33. The van der Waals surface area contributed by atoms with Gasteiger partial charge in [-0.15, -0.1) is 0 Å². The molecule has 0 bridgehead atoms. The molecule has 1 saturated carbocycles. The van der Waals surface area contributed by atoms with E-state index in [0.29, 0.717) is 5.69 Å². The van der Waals surface area contributed by atoms with Gasteiger partial charge in [-0.1, -0.05) is 30.3 Å². The van der Waals surface area contributed by atoms with Gasteiger partial charge in [0.2, 0.25) is 0 Å². The second-order valence-corrected chi connectivity index (χ2v) is 9.65. The highest BCUT2D eigenvalue weighted by Gasteiger charge is 2.41. The van der Waals surface area contributed by atoms with Crippen LogP contribution in [0.5, 0.6) is 5.75 Å². The maximum absolute atomic E-state index is 14.4. The van der Waals surface area contributed by atoms with E-state index in [-0.39, 0.29) is 30.3 Å². The van der Waals surface area contributed by atoms with Crippen LogP contribution in [0.4, 0.5) is 14.9 Å². The van der Waals surface area contributed by atoms with Crippen molar-refractivity contribution in [3.63, 3.8) is 0 Å². The van der Waals surface area contributed by atoms with Gasteiger partial charge in [-0.25, -0.2) is 14.0 Å². The number of anilines is 1. The predicted molar refractivity (Wildman–Crippen MR) is 129 cm³/mol. The number of carbonyl (C=O) groups is 2. The zero-order valence-corrected chi connectivity index (χ0v) is 20.0. The fourth-order valence-corrected chi connectivity index (χ4v) is 5.45. The van der Waals surface area contributed by atoms with E-state index in [1.165, 1.54) is 17.7 Å². The number of benzene rings is 2. The Morgan fingerprint density at radius 3 is 2.37 bits per heavy atom. The van der Waals surface area contributed by atoms with E-state index in [2.05, 4.69) is 48.6 Å².